The van der Waals surface area contributed by atoms with Crippen LogP contribution < -0.4 is 10.6 Å². The first-order valence-corrected chi connectivity index (χ1v) is 9.88. The van der Waals surface area contributed by atoms with Crippen molar-refractivity contribution >= 4 is 34.6 Å². The highest BCUT2D eigenvalue weighted by Crippen LogP contribution is 2.27. The Balaban J connectivity index is 2.22. The molecule has 166 valence electrons. The Morgan fingerprint density at radius 3 is 2.29 bits per heavy atom. The molecule has 0 unspecified atom stereocenters. The molecule has 0 aromatic heterocycles. The van der Waals surface area contributed by atoms with Crippen molar-refractivity contribution in [2.24, 2.45) is 0 Å². The Kier molecular flexibility index (Phi) is 8.65. The quantitative estimate of drug-likeness (QED) is 0.368. The second kappa shape index (κ2) is 11.0. The van der Waals surface area contributed by atoms with Gasteiger partial charge in [0.05, 0.1) is 10.7 Å². The first-order valence-electron chi connectivity index (χ1n) is 9.50. The fourth-order valence-corrected chi connectivity index (χ4v) is 2.81. The number of benzene rings is 2. The average Bonchev–Trinajstić information content (AvgIpc) is 2.71. The summed E-state index contributed by atoms with van der Waals surface area (Å²) in [6.45, 7) is 1.35. The van der Waals surface area contributed by atoms with Crippen LogP contribution in [0.5, 0.6) is 0 Å². The predicted molar refractivity (Wildman–Crippen MR) is 119 cm³/mol. The van der Waals surface area contributed by atoms with Crippen LogP contribution in [0.3, 0.4) is 0 Å². The third kappa shape index (κ3) is 7.73. The van der Waals surface area contributed by atoms with E-state index in [9.17, 15) is 18.0 Å². The number of rotatable bonds is 9. The zero-order chi connectivity index (χ0) is 23.0. The number of hydrogen-bond donors (Lipinski definition) is 3. The molecule has 0 aliphatic carbocycles. The van der Waals surface area contributed by atoms with Crippen molar-refractivity contribution in [3.63, 3.8) is 0 Å². The minimum absolute atomic E-state index is 0.0355. The summed E-state index contributed by atoms with van der Waals surface area (Å²) in [6.07, 6.45) is -3.30. The first kappa shape index (κ1) is 24.4. The molecular weight excluding hydrogens is 429 g/mol. The lowest BCUT2D eigenvalue weighted by Crippen LogP contribution is -2.27. The smallest absolute Gasteiger partial charge is 0.354 e. The fourth-order valence-electron chi connectivity index (χ4n) is 2.63. The van der Waals surface area contributed by atoms with Gasteiger partial charge >= 0.3 is 6.18 Å². The summed E-state index contributed by atoms with van der Waals surface area (Å²) in [5.74, 6) is -0.266. The van der Waals surface area contributed by atoms with Gasteiger partial charge in [0.1, 0.15) is 5.71 Å². The van der Waals surface area contributed by atoms with Crippen molar-refractivity contribution in [1.29, 1.82) is 5.41 Å². The number of carbonyl (C=O) groups excluding carboxylic acids is 1. The van der Waals surface area contributed by atoms with Crippen LogP contribution in [0, 0.1) is 5.41 Å². The van der Waals surface area contributed by atoms with Crippen molar-refractivity contribution in [3.8, 4) is 0 Å². The topological polar surface area (TPSA) is 68.2 Å². The molecule has 2 aromatic carbocycles. The third-order valence-corrected chi connectivity index (χ3v) is 4.59. The van der Waals surface area contributed by atoms with Gasteiger partial charge in [-0.1, -0.05) is 35.9 Å². The maximum Gasteiger partial charge on any atom is 0.432 e. The van der Waals surface area contributed by atoms with Gasteiger partial charge in [0.2, 0.25) is 0 Å². The van der Waals surface area contributed by atoms with Gasteiger partial charge in [-0.3, -0.25) is 10.2 Å². The Morgan fingerprint density at radius 1 is 1.10 bits per heavy atom. The molecule has 2 rings (SSSR count). The highest BCUT2D eigenvalue weighted by atomic mass is 35.5. The Bertz CT molecular complexity index is 941. The molecule has 0 atom stereocenters. The van der Waals surface area contributed by atoms with E-state index in [4.69, 9.17) is 17.0 Å². The average molecular weight is 453 g/mol. The number of anilines is 1. The molecule has 0 saturated heterocycles. The largest absolute Gasteiger partial charge is 0.432 e. The van der Waals surface area contributed by atoms with Crippen LogP contribution in [-0.2, 0) is 0 Å². The van der Waals surface area contributed by atoms with E-state index in [1.54, 1.807) is 24.3 Å². The number of carbonyl (C=O) groups is 1. The van der Waals surface area contributed by atoms with Gasteiger partial charge in [-0.2, -0.15) is 13.2 Å². The van der Waals surface area contributed by atoms with E-state index in [1.807, 2.05) is 19.0 Å². The van der Waals surface area contributed by atoms with Gasteiger partial charge in [-0.25, -0.2) is 0 Å². The molecule has 0 heterocycles. The molecule has 31 heavy (non-hydrogen) atoms. The predicted octanol–water partition coefficient (Wildman–Crippen LogP) is 5.06. The van der Waals surface area contributed by atoms with Crippen LogP contribution in [0.25, 0.3) is 5.70 Å². The number of para-hydroxylation sites is 1. The Labute approximate surface area is 184 Å². The lowest BCUT2D eigenvalue weighted by molar-refractivity contribution is -0.0583. The number of amides is 1. The molecule has 1 amide bonds. The number of halogens is 4. The summed E-state index contributed by atoms with van der Waals surface area (Å²) in [4.78, 5) is 14.3. The Morgan fingerprint density at radius 2 is 1.71 bits per heavy atom. The van der Waals surface area contributed by atoms with E-state index in [0.717, 1.165) is 13.0 Å². The molecule has 0 spiro atoms. The first-order chi connectivity index (χ1) is 14.6. The highest BCUT2D eigenvalue weighted by molar-refractivity contribution is 6.33. The molecular formula is C22H24ClF3N4O. The van der Waals surface area contributed by atoms with Crippen molar-refractivity contribution < 1.29 is 18.0 Å². The SMILES string of the molecule is CN(C)CCCNC(=O)c1ccc(/C(=C/C(=N)C(F)(F)F)Nc2ccccc2Cl)cc1. The highest BCUT2D eigenvalue weighted by Gasteiger charge is 2.33. The van der Waals surface area contributed by atoms with Crippen LogP contribution in [0.4, 0.5) is 18.9 Å². The molecule has 0 radical (unpaired) electrons. The number of allylic oxidation sites excluding steroid dienone is 1. The van der Waals surface area contributed by atoms with E-state index in [1.165, 1.54) is 24.3 Å². The van der Waals surface area contributed by atoms with Gasteiger partial charge in [-0.15, -0.1) is 0 Å². The minimum Gasteiger partial charge on any atom is -0.354 e. The normalized spacial score (nSPS) is 12.0. The van der Waals surface area contributed by atoms with Crippen LogP contribution in [-0.4, -0.2) is 49.9 Å². The molecule has 0 fully saturated rings. The van der Waals surface area contributed by atoms with Gasteiger partial charge in [-0.05, 0) is 63.0 Å². The second-order valence-electron chi connectivity index (χ2n) is 7.06. The van der Waals surface area contributed by atoms with Crippen LogP contribution in [0.2, 0.25) is 5.02 Å². The molecule has 9 heteroatoms. The second-order valence-corrected chi connectivity index (χ2v) is 7.47. The number of alkyl halides is 3. The third-order valence-electron chi connectivity index (χ3n) is 4.26. The van der Waals surface area contributed by atoms with Crippen molar-refractivity contribution in [2.75, 3.05) is 32.5 Å². The summed E-state index contributed by atoms with van der Waals surface area (Å²) in [6, 6.07) is 12.7. The maximum absolute atomic E-state index is 12.9. The molecule has 0 saturated carbocycles. The van der Waals surface area contributed by atoms with E-state index in [2.05, 4.69) is 10.6 Å². The van der Waals surface area contributed by atoms with E-state index in [0.29, 0.717) is 34.5 Å². The lowest BCUT2D eigenvalue weighted by atomic mass is 10.1. The zero-order valence-corrected chi connectivity index (χ0v) is 17.9. The van der Waals surface area contributed by atoms with Gasteiger partial charge in [0.15, 0.2) is 0 Å². The molecule has 0 aliphatic rings. The summed E-state index contributed by atoms with van der Waals surface area (Å²) < 4.78 is 38.8. The number of hydrogen-bond acceptors (Lipinski definition) is 4. The van der Waals surface area contributed by atoms with Crippen molar-refractivity contribution in [2.45, 2.75) is 12.6 Å². The van der Waals surface area contributed by atoms with E-state index in [-0.39, 0.29) is 11.6 Å². The van der Waals surface area contributed by atoms with Crippen molar-refractivity contribution in [3.05, 3.63) is 70.8 Å². The molecule has 3 N–H and O–H groups in total. The summed E-state index contributed by atoms with van der Waals surface area (Å²) in [5, 5.41) is 13.3. The van der Waals surface area contributed by atoms with Crippen LogP contribution in [0.1, 0.15) is 22.3 Å². The number of nitrogens with one attached hydrogen (secondary N) is 3. The zero-order valence-electron chi connectivity index (χ0n) is 17.2. The maximum atomic E-state index is 12.9. The van der Waals surface area contributed by atoms with E-state index >= 15 is 0 Å². The molecule has 5 nitrogen and oxygen atoms in total. The monoisotopic (exact) mass is 452 g/mol. The molecule has 2 aromatic rings. The van der Waals surface area contributed by atoms with Crippen LogP contribution in [0.15, 0.2) is 54.6 Å². The summed E-state index contributed by atoms with van der Waals surface area (Å²) in [7, 11) is 3.89. The van der Waals surface area contributed by atoms with Crippen LogP contribution >= 0.6 is 11.6 Å². The summed E-state index contributed by atoms with van der Waals surface area (Å²) in [5.41, 5.74) is -0.319. The van der Waals surface area contributed by atoms with Gasteiger partial charge < -0.3 is 15.5 Å². The van der Waals surface area contributed by atoms with Gasteiger partial charge in [0, 0.05) is 17.8 Å². The van der Waals surface area contributed by atoms with Crippen molar-refractivity contribution in [1.82, 2.24) is 10.2 Å². The minimum atomic E-state index is -4.79. The fraction of sp³-hybridized carbons (Fsp3) is 0.273. The summed E-state index contributed by atoms with van der Waals surface area (Å²) >= 11 is 6.11. The molecule has 0 bridgehead atoms. The Hall–Kier alpha value is -2.84. The number of nitrogens with zero attached hydrogens (tertiary/aromatic N) is 1. The lowest BCUT2D eigenvalue weighted by Gasteiger charge is -2.15. The standard InChI is InChI=1S/C22H24ClF3N4O/c1-30(2)13-5-12-28-21(31)16-10-8-15(9-11-16)19(14-20(27)22(24,25)26)29-18-7-4-3-6-17(18)23/h3-4,6-11,14,27,29H,5,12-13H2,1-2H3,(H,28,31)/b19-14-,27-20?. The van der Waals surface area contributed by atoms with E-state index < -0.39 is 11.9 Å². The molecule has 0 aliphatic heterocycles. The van der Waals surface area contributed by atoms with Gasteiger partial charge in [0.25, 0.3) is 5.91 Å².